The van der Waals surface area contributed by atoms with Crippen molar-refractivity contribution in [1.29, 1.82) is 0 Å². The number of benzene rings is 2. The number of hydrogen-bond acceptors (Lipinski definition) is 4. The van der Waals surface area contributed by atoms with E-state index in [0.29, 0.717) is 0 Å². The Hall–Kier alpha value is -2.40. The number of nitrogens with zero attached hydrogens (tertiary/aromatic N) is 2. The van der Waals surface area contributed by atoms with Gasteiger partial charge >= 0.3 is 0 Å². The van der Waals surface area contributed by atoms with Gasteiger partial charge in [0.1, 0.15) is 17.2 Å². The first-order valence-electron chi connectivity index (χ1n) is 7.83. The molecule has 0 N–H and O–H groups in total. The number of methoxy groups -OCH3 is 2. The molecule has 0 unspecified atom stereocenters. The Kier molecular flexibility index (Phi) is 3.94. The highest BCUT2D eigenvalue weighted by Crippen LogP contribution is 2.44. The minimum atomic E-state index is 0.829. The van der Waals surface area contributed by atoms with E-state index in [9.17, 15) is 0 Å². The SMILES string of the molecule is COc1ccccc1-c1nc2n(c1-c1ccccc1OC)CCS2. The summed E-state index contributed by atoms with van der Waals surface area (Å²) >= 11 is 1.79. The molecule has 0 fully saturated rings. The second-order valence-electron chi connectivity index (χ2n) is 5.49. The molecule has 24 heavy (non-hydrogen) atoms. The van der Waals surface area contributed by atoms with E-state index in [-0.39, 0.29) is 0 Å². The average Bonchev–Trinajstić information content (AvgIpc) is 3.22. The molecule has 0 radical (unpaired) electrons. The summed E-state index contributed by atoms with van der Waals surface area (Å²) in [5, 5.41) is 1.05. The Morgan fingerprint density at radius 1 is 0.917 bits per heavy atom. The lowest BCUT2D eigenvalue weighted by atomic mass is 10.0. The molecule has 0 atom stereocenters. The van der Waals surface area contributed by atoms with Gasteiger partial charge in [-0.05, 0) is 24.3 Å². The predicted octanol–water partition coefficient (Wildman–Crippen LogP) is 4.34. The fourth-order valence-corrected chi connectivity index (χ4v) is 4.07. The monoisotopic (exact) mass is 338 g/mol. The Labute approximate surface area is 145 Å². The van der Waals surface area contributed by atoms with Crippen molar-refractivity contribution in [2.45, 2.75) is 11.7 Å². The lowest BCUT2D eigenvalue weighted by Crippen LogP contribution is -1.99. The van der Waals surface area contributed by atoms with Crippen molar-refractivity contribution in [1.82, 2.24) is 9.55 Å². The highest BCUT2D eigenvalue weighted by Gasteiger charge is 2.26. The largest absolute Gasteiger partial charge is 0.496 e. The lowest BCUT2D eigenvalue weighted by molar-refractivity contribution is 0.415. The summed E-state index contributed by atoms with van der Waals surface area (Å²) in [5.41, 5.74) is 4.10. The first-order valence-corrected chi connectivity index (χ1v) is 8.82. The maximum absolute atomic E-state index is 5.60. The summed E-state index contributed by atoms with van der Waals surface area (Å²) in [4.78, 5) is 4.91. The van der Waals surface area contributed by atoms with Gasteiger partial charge in [0.2, 0.25) is 0 Å². The van der Waals surface area contributed by atoms with Crippen molar-refractivity contribution >= 4 is 11.8 Å². The molecule has 5 heteroatoms. The van der Waals surface area contributed by atoms with Gasteiger partial charge in [-0.2, -0.15) is 0 Å². The van der Waals surface area contributed by atoms with Crippen LogP contribution >= 0.6 is 11.8 Å². The molecule has 1 aliphatic heterocycles. The quantitative estimate of drug-likeness (QED) is 0.709. The van der Waals surface area contributed by atoms with Crippen LogP contribution in [-0.4, -0.2) is 29.5 Å². The first kappa shape index (κ1) is 15.1. The number of ether oxygens (including phenoxy) is 2. The van der Waals surface area contributed by atoms with Gasteiger partial charge in [0.15, 0.2) is 5.16 Å². The van der Waals surface area contributed by atoms with E-state index in [1.807, 2.05) is 36.4 Å². The van der Waals surface area contributed by atoms with Crippen molar-refractivity contribution in [2.24, 2.45) is 0 Å². The number of hydrogen-bond donors (Lipinski definition) is 0. The summed E-state index contributed by atoms with van der Waals surface area (Å²) < 4.78 is 13.4. The van der Waals surface area contributed by atoms with Crippen LogP contribution in [0.15, 0.2) is 53.7 Å². The van der Waals surface area contributed by atoms with Gasteiger partial charge in [0, 0.05) is 23.4 Å². The zero-order valence-corrected chi connectivity index (χ0v) is 14.5. The molecule has 2 heterocycles. The number of imidazole rings is 1. The summed E-state index contributed by atoms with van der Waals surface area (Å²) in [6.45, 7) is 0.954. The van der Waals surface area contributed by atoms with Crippen molar-refractivity contribution < 1.29 is 9.47 Å². The molecule has 1 aliphatic rings. The smallest absolute Gasteiger partial charge is 0.169 e. The molecule has 4 rings (SSSR count). The highest BCUT2D eigenvalue weighted by atomic mass is 32.2. The molecule has 0 saturated heterocycles. The Balaban J connectivity index is 2.00. The summed E-state index contributed by atoms with van der Waals surface area (Å²) in [6.07, 6.45) is 0. The molecule has 0 saturated carbocycles. The molecular formula is C19H18N2O2S. The Bertz CT molecular complexity index is 889. The number of para-hydroxylation sites is 2. The summed E-state index contributed by atoms with van der Waals surface area (Å²) in [5.74, 6) is 2.74. The molecule has 122 valence electrons. The third-order valence-corrected chi connectivity index (χ3v) is 5.16. The normalized spacial score (nSPS) is 12.9. The molecule has 1 aromatic heterocycles. The minimum absolute atomic E-state index is 0.829. The molecule has 0 spiro atoms. The number of aromatic nitrogens is 2. The number of thioether (sulfide) groups is 1. The summed E-state index contributed by atoms with van der Waals surface area (Å²) in [6, 6.07) is 16.1. The fraction of sp³-hybridized carbons (Fsp3) is 0.211. The van der Waals surface area contributed by atoms with Crippen molar-refractivity contribution in [3.8, 4) is 34.0 Å². The van der Waals surface area contributed by atoms with Crippen LogP contribution in [0.4, 0.5) is 0 Å². The van der Waals surface area contributed by atoms with Gasteiger partial charge in [0.25, 0.3) is 0 Å². The Morgan fingerprint density at radius 3 is 2.25 bits per heavy atom. The average molecular weight is 338 g/mol. The van der Waals surface area contributed by atoms with Gasteiger partial charge < -0.3 is 14.0 Å². The van der Waals surface area contributed by atoms with Crippen LogP contribution < -0.4 is 9.47 Å². The van der Waals surface area contributed by atoms with E-state index < -0.39 is 0 Å². The third kappa shape index (κ3) is 2.36. The molecular weight excluding hydrogens is 320 g/mol. The summed E-state index contributed by atoms with van der Waals surface area (Å²) in [7, 11) is 3.40. The zero-order chi connectivity index (χ0) is 16.5. The van der Waals surface area contributed by atoms with Crippen molar-refractivity contribution in [2.75, 3.05) is 20.0 Å². The maximum Gasteiger partial charge on any atom is 0.169 e. The second kappa shape index (κ2) is 6.24. The molecule has 2 aromatic carbocycles. The van der Waals surface area contributed by atoms with E-state index >= 15 is 0 Å². The van der Waals surface area contributed by atoms with Crippen LogP contribution in [0.25, 0.3) is 22.5 Å². The van der Waals surface area contributed by atoms with Crippen LogP contribution in [0, 0.1) is 0 Å². The fourth-order valence-electron chi connectivity index (χ4n) is 3.12. The highest BCUT2D eigenvalue weighted by molar-refractivity contribution is 7.99. The van der Waals surface area contributed by atoms with Gasteiger partial charge in [-0.15, -0.1) is 0 Å². The third-order valence-electron chi connectivity index (χ3n) is 4.20. The standard InChI is InChI=1S/C19H18N2O2S/c1-22-15-9-5-3-7-13(15)17-18(21-11-12-24-19(21)20-17)14-8-4-6-10-16(14)23-2/h3-10H,11-12H2,1-2H3. The maximum atomic E-state index is 5.60. The van der Waals surface area contributed by atoms with Gasteiger partial charge in [-0.25, -0.2) is 4.98 Å². The van der Waals surface area contributed by atoms with E-state index in [4.69, 9.17) is 14.5 Å². The van der Waals surface area contributed by atoms with E-state index in [1.54, 1.807) is 26.0 Å². The van der Waals surface area contributed by atoms with Crippen LogP contribution in [0.2, 0.25) is 0 Å². The van der Waals surface area contributed by atoms with E-state index in [2.05, 4.69) is 16.7 Å². The van der Waals surface area contributed by atoms with Crippen molar-refractivity contribution in [3.63, 3.8) is 0 Å². The van der Waals surface area contributed by atoms with Gasteiger partial charge in [-0.3, -0.25) is 0 Å². The zero-order valence-electron chi connectivity index (χ0n) is 13.7. The van der Waals surface area contributed by atoms with Crippen LogP contribution in [0.1, 0.15) is 0 Å². The van der Waals surface area contributed by atoms with Gasteiger partial charge in [0.05, 0.1) is 19.9 Å². The topological polar surface area (TPSA) is 36.3 Å². The number of rotatable bonds is 4. The van der Waals surface area contributed by atoms with Crippen LogP contribution in [0.5, 0.6) is 11.5 Å². The molecule has 3 aromatic rings. The first-order chi connectivity index (χ1) is 11.8. The van der Waals surface area contributed by atoms with Gasteiger partial charge in [-0.1, -0.05) is 36.0 Å². The molecule has 0 bridgehead atoms. The lowest BCUT2D eigenvalue weighted by Gasteiger charge is -2.13. The molecule has 4 nitrogen and oxygen atoms in total. The Morgan fingerprint density at radius 2 is 1.54 bits per heavy atom. The van der Waals surface area contributed by atoms with E-state index in [0.717, 1.165) is 51.5 Å². The van der Waals surface area contributed by atoms with Crippen molar-refractivity contribution in [3.05, 3.63) is 48.5 Å². The van der Waals surface area contributed by atoms with E-state index in [1.165, 1.54) is 0 Å². The molecule has 0 aliphatic carbocycles. The number of fused-ring (bicyclic) bond motifs is 1. The van der Waals surface area contributed by atoms with Crippen LogP contribution in [-0.2, 0) is 6.54 Å². The molecule has 0 amide bonds. The van der Waals surface area contributed by atoms with Crippen LogP contribution in [0.3, 0.4) is 0 Å². The predicted molar refractivity (Wildman–Crippen MR) is 96.9 cm³/mol. The minimum Gasteiger partial charge on any atom is -0.496 e. The second-order valence-corrected chi connectivity index (χ2v) is 6.55.